The first kappa shape index (κ1) is 38.4. The number of anilines is 2. The summed E-state index contributed by atoms with van der Waals surface area (Å²) >= 11 is 5.70. The quantitative estimate of drug-likeness (QED) is 0.126. The van der Waals surface area contributed by atoms with Crippen LogP contribution >= 0.6 is 11.6 Å². The van der Waals surface area contributed by atoms with Gasteiger partial charge in [-0.25, -0.2) is 33.7 Å². The van der Waals surface area contributed by atoms with Crippen LogP contribution in [0.2, 0.25) is 5.02 Å². The highest BCUT2D eigenvalue weighted by atomic mass is 35.5. The molecule has 0 radical (unpaired) electrons. The molecule has 0 spiro atoms. The zero-order chi connectivity index (χ0) is 35.1. The molecule has 0 atom stereocenters. The second-order valence-electron chi connectivity index (χ2n) is 11.8. The van der Waals surface area contributed by atoms with E-state index in [1.54, 1.807) is 20.8 Å². The molecule has 0 aromatic heterocycles. The van der Waals surface area contributed by atoms with Crippen LogP contribution in [0, 0.1) is 29.3 Å². The molecule has 0 aliphatic carbocycles. The minimum Gasteiger partial charge on any atom is -0.325 e. The molecule has 2 aromatic rings. The fraction of sp³-hybridized carbons (Fsp3) is 0.500. The Morgan fingerprint density at radius 3 is 1.67 bits per heavy atom. The number of rotatable bonds is 10. The molecule has 0 saturated carbocycles. The number of hydroxylamine groups is 2. The summed E-state index contributed by atoms with van der Waals surface area (Å²) in [7, 11) is 0. The number of piperidine rings is 2. The van der Waals surface area contributed by atoms with Crippen molar-refractivity contribution in [1.29, 1.82) is 0 Å². The van der Waals surface area contributed by atoms with Crippen LogP contribution in [0.4, 0.5) is 34.1 Å². The molecule has 48 heavy (non-hydrogen) atoms. The number of nitrogens with zero attached hydrogens (tertiary/aromatic N) is 2. The average Bonchev–Trinajstić information content (AvgIpc) is 3.08. The van der Waals surface area contributed by atoms with Gasteiger partial charge in [0.15, 0.2) is 0 Å². The van der Waals surface area contributed by atoms with Gasteiger partial charge in [0.1, 0.15) is 17.5 Å². The number of hydrogen-bond donors (Lipinski definition) is 6. The lowest BCUT2D eigenvalue weighted by Crippen LogP contribution is -2.41. The largest absolute Gasteiger partial charge is 0.325 e. The van der Waals surface area contributed by atoms with Gasteiger partial charge in [-0.3, -0.25) is 20.0 Å². The molecule has 6 N–H and O–H groups in total. The molecule has 2 aliphatic heterocycles. The Balaban J connectivity index is 0.000000260. The normalized spacial score (nSPS) is 15.2. The Morgan fingerprint density at radius 1 is 0.708 bits per heavy atom. The third-order valence-electron chi connectivity index (χ3n) is 8.43. The first-order valence-electron chi connectivity index (χ1n) is 15.9. The highest BCUT2D eigenvalue weighted by Crippen LogP contribution is 2.25. The van der Waals surface area contributed by atoms with Crippen molar-refractivity contribution in [2.24, 2.45) is 11.8 Å². The maximum Gasteiger partial charge on any atom is 0.321 e. The van der Waals surface area contributed by atoms with E-state index in [2.05, 4.69) is 10.6 Å². The van der Waals surface area contributed by atoms with Crippen LogP contribution in [0.15, 0.2) is 36.4 Å². The predicted molar refractivity (Wildman–Crippen MR) is 172 cm³/mol. The molecule has 2 saturated heterocycles. The highest BCUT2D eigenvalue weighted by Gasteiger charge is 2.24. The number of carbonyl (C=O) groups is 4. The second-order valence-corrected chi connectivity index (χ2v) is 12.2. The van der Waals surface area contributed by atoms with E-state index in [0.29, 0.717) is 56.5 Å². The fourth-order valence-corrected chi connectivity index (χ4v) is 5.81. The van der Waals surface area contributed by atoms with Crippen LogP contribution in [0.3, 0.4) is 0 Å². The van der Waals surface area contributed by atoms with Crippen LogP contribution in [0.5, 0.6) is 0 Å². The maximum absolute atomic E-state index is 13.5. The average molecular weight is 699 g/mol. The molecular weight excluding hydrogens is 657 g/mol. The van der Waals surface area contributed by atoms with Gasteiger partial charge >= 0.3 is 12.1 Å². The number of hydrogen-bond acceptors (Lipinski definition) is 6. The van der Waals surface area contributed by atoms with E-state index in [1.165, 1.54) is 18.2 Å². The molecule has 6 amide bonds. The molecule has 2 aliphatic rings. The van der Waals surface area contributed by atoms with Crippen molar-refractivity contribution >= 4 is 46.9 Å². The first-order chi connectivity index (χ1) is 23.0. The smallest absolute Gasteiger partial charge is 0.321 e. The summed E-state index contributed by atoms with van der Waals surface area (Å²) in [6, 6.07) is 6.31. The number of benzene rings is 2. The summed E-state index contributed by atoms with van der Waals surface area (Å²) in [5.74, 6) is -1.70. The topological polar surface area (TPSA) is 163 Å². The fourth-order valence-electron chi connectivity index (χ4n) is 5.63. The van der Waals surface area contributed by atoms with E-state index < -0.39 is 29.4 Å². The molecule has 0 unspecified atom stereocenters. The third kappa shape index (κ3) is 12.8. The molecule has 0 bridgehead atoms. The lowest BCUT2D eigenvalue weighted by atomic mass is 9.91. The summed E-state index contributed by atoms with van der Waals surface area (Å²) in [6.07, 6.45) is 7.06. The molecular formula is C32H42ClF3N6O6. The van der Waals surface area contributed by atoms with E-state index in [1.807, 2.05) is 0 Å². The molecule has 264 valence electrons. The SMILES string of the molecule is O=C(CCCC1CCN(C(=O)Nc2cc(F)ccc2F)CC1)NO.O=C(CCCC1CCN(C(=O)Nc2ccc(F)c(Cl)c2)CC1)NO. The predicted octanol–water partition coefficient (Wildman–Crippen LogP) is 6.28. The summed E-state index contributed by atoms with van der Waals surface area (Å²) in [4.78, 5) is 49.5. The number of likely N-dealkylation sites (tertiary alicyclic amines) is 2. The summed E-state index contributed by atoms with van der Waals surface area (Å²) in [5, 5.41) is 21.9. The van der Waals surface area contributed by atoms with Crippen molar-refractivity contribution in [3.8, 4) is 0 Å². The van der Waals surface area contributed by atoms with Crippen molar-refractivity contribution in [1.82, 2.24) is 20.8 Å². The van der Waals surface area contributed by atoms with Crippen LogP contribution < -0.4 is 21.6 Å². The highest BCUT2D eigenvalue weighted by molar-refractivity contribution is 6.31. The summed E-state index contributed by atoms with van der Waals surface area (Å²) < 4.78 is 39.8. The lowest BCUT2D eigenvalue weighted by Gasteiger charge is -2.32. The van der Waals surface area contributed by atoms with Crippen molar-refractivity contribution in [2.45, 2.75) is 64.2 Å². The standard InChI is InChI=1S/C16H21ClFN3O3.C16H21F2N3O3/c17-13-10-12(4-5-14(13)18)19-16(23)21-8-6-11(7-9-21)2-1-3-15(22)20-24;17-12-4-5-13(18)14(10-12)19-16(23)21-8-6-11(7-9-21)2-1-3-15(22)20-24/h2*4-5,10-11,24H,1-3,6-9H2,(H,19,23)(H,20,22). The molecule has 16 heteroatoms. The van der Waals surface area contributed by atoms with Gasteiger partial charge in [-0.15, -0.1) is 0 Å². The third-order valence-corrected chi connectivity index (χ3v) is 8.72. The van der Waals surface area contributed by atoms with Crippen LogP contribution in [-0.4, -0.2) is 70.3 Å². The molecule has 2 heterocycles. The van der Waals surface area contributed by atoms with E-state index in [-0.39, 0.29) is 29.1 Å². The van der Waals surface area contributed by atoms with Crippen molar-refractivity contribution < 1.29 is 42.8 Å². The van der Waals surface area contributed by atoms with Crippen LogP contribution in [0.25, 0.3) is 0 Å². The minimum atomic E-state index is -0.679. The second kappa shape index (κ2) is 19.7. The number of nitrogens with one attached hydrogen (secondary N) is 4. The minimum absolute atomic E-state index is 0.0292. The molecule has 12 nitrogen and oxygen atoms in total. The Kier molecular flexibility index (Phi) is 15.7. The van der Waals surface area contributed by atoms with Crippen LogP contribution in [0.1, 0.15) is 64.2 Å². The first-order valence-corrected chi connectivity index (χ1v) is 16.2. The molecule has 2 fully saturated rings. The van der Waals surface area contributed by atoms with Gasteiger partial charge in [0.2, 0.25) is 11.8 Å². The number of carbonyl (C=O) groups excluding carboxylic acids is 4. The van der Waals surface area contributed by atoms with Gasteiger partial charge in [0.05, 0.1) is 10.7 Å². The number of urea groups is 2. The number of amides is 6. The van der Waals surface area contributed by atoms with Crippen LogP contribution in [-0.2, 0) is 9.59 Å². The van der Waals surface area contributed by atoms with E-state index in [0.717, 1.165) is 63.1 Å². The zero-order valence-electron chi connectivity index (χ0n) is 26.5. The van der Waals surface area contributed by atoms with Gasteiger partial charge in [-0.1, -0.05) is 11.6 Å². The van der Waals surface area contributed by atoms with Crippen molar-refractivity contribution in [3.05, 3.63) is 58.9 Å². The maximum atomic E-state index is 13.5. The summed E-state index contributed by atoms with van der Waals surface area (Å²) in [5.41, 5.74) is 3.51. The van der Waals surface area contributed by atoms with E-state index in [4.69, 9.17) is 22.0 Å². The Bertz CT molecular complexity index is 1390. The monoisotopic (exact) mass is 698 g/mol. The van der Waals surface area contributed by atoms with Gasteiger partial charge < -0.3 is 20.4 Å². The Morgan fingerprint density at radius 2 is 1.19 bits per heavy atom. The van der Waals surface area contributed by atoms with Gasteiger partial charge in [0.25, 0.3) is 0 Å². The van der Waals surface area contributed by atoms with Gasteiger partial charge in [-0.05, 0) is 93.5 Å². The van der Waals surface area contributed by atoms with Gasteiger partial charge in [-0.2, -0.15) is 0 Å². The molecule has 2 aromatic carbocycles. The zero-order valence-corrected chi connectivity index (χ0v) is 27.2. The molecule has 4 rings (SSSR count). The lowest BCUT2D eigenvalue weighted by molar-refractivity contribution is -0.130. The van der Waals surface area contributed by atoms with E-state index >= 15 is 0 Å². The Hall–Kier alpha value is -4.08. The van der Waals surface area contributed by atoms with E-state index in [9.17, 15) is 32.3 Å². The van der Waals surface area contributed by atoms with Crippen molar-refractivity contribution in [2.75, 3.05) is 36.8 Å². The van der Waals surface area contributed by atoms with Gasteiger partial charge in [0, 0.05) is 50.8 Å². The summed E-state index contributed by atoms with van der Waals surface area (Å²) in [6.45, 7) is 2.33. The number of halogens is 4. The van der Waals surface area contributed by atoms with Crippen molar-refractivity contribution in [3.63, 3.8) is 0 Å². The Labute approximate surface area is 281 Å².